The molecule has 0 unspecified atom stereocenters. The lowest BCUT2D eigenvalue weighted by Gasteiger charge is -2.36. The summed E-state index contributed by atoms with van der Waals surface area (Å²) < 4.78 is 5.12. The van der Waals surface area contributed by atoms with E-state index < -0.39 is 17.6 Å². The molecule has 0 spiro atoms. The highest BCUT2D eigenvalue weighted by Gasteiger charge is 2.43. The van der Waals surface area contributed by atoms with Crippen LogP contribution in [-0.4, -0.2) is 29.3 Å². The van der Waals surface area contributed by atoms with E-state index in [1.807, 2.05) is 30.3 Å². The van der Waals surface area contributed by atoms with Crippen LogP contribution in [0.2, 0.25) is 0 Å². The molecule has 0 saturated heterocycles. The SMILES string of the molecule is NCC1CCC(NC(=O)OCc2ccccc2)(C(=O)O)CC1. The summed E-state index contributed by atoms with van der Waals surface area (Å²) in [4.78, 5) is 23.5. The first kappa shape index (κ1) is 16.3. The fourth-order valence-corrected chi connectivity index (χ4v) is 2.75. The second kappa shape index (κ2) is 7.26. The van der Waals surface area contributed by atoms with Gasteiger partial charge >= 0.3 is 12.1 Å². The highest BCUT2D eigenvalue weighted by atomic mass is 16.5. The minimum absolute atomic E-state index is 0.119. The van der Waals surface area contributed by atoms with Gasteiger partial charge in [0.15, 0.2) is 0 Å². The number of benzene rings is 1. The Hall–Kier alpha value is -2.08. The Morgan fingerprint density at radius 3 is 2.45 bits per heavy atom. The summed E-state index contributed by atoms with van der Waals surface area (Å²) in [5.74, 6) is -0.686. The molecule has 1 saturated carbocycles. The van der Waals surface area contributed by atoms with E-state index in [4.69, 9.17) is 10.5 Å². The van der Waals surface area contributed by atoms with Crippen LogP contribution in [0, 0.1) is 5.92 Å². The fraction of sp³-hybridized carbons (Fsp3) is 0.500. The highest BCUT2D eigenvalue weighted by Crippen LogP contribution is 2.32. The Kier molecular flexibility index (Phi) is 5.38. The first-order valence-corrected chi connectivity index (χ1v) is 7.48. The van der Waals surface area contributed by atoms with Crippen molar-refractivity contribution >= 4 is 12.1 Å². The summed E-state index contributed by atoms with van der Waals surface area (Å²) >= 11 is 0. The Morgan fingerprint density at radius 2 is 1.91 bits per heavy atom. The molecule has 4 N–H and O–H groups in total. The predicted molar refractivity (Wildman–Crippen MR) is 81.1 cm³/mol. The van der Waals surface area contributed by atoms with Crippen LogP contribution in [0.4, 0.5) is 4.79 Å². The van der Waals surface area contributed by atoms with Crippen LogP contribution in [0.25, 0.3) is 0 Å². The number of ether oxygens (including phenoxy) is 1. The molecule has 0 aromatic heterocycles. The number of carboxylic acid groups (broad SMARTS) is 1. The third-order valence-corrected chi connectivity index (χ3v) is 4.26. The fourth-order valence-electron chi connectivity index (χ4n) is 2.75. The molecule has 6 nitrogen and oxygen atoms in total. The van der Waals surface area contributed by atoms with Gasteiger partial charge in [0.1, 0.15) is 12.1 Å². The molecule has 1 aromatic rings. The summed E-state index contributed by atoms with van der Waals surface area (Å²) in [6.07, 6.45) is 1.45. The molecule has 22 heavy (non-hydrogen) atoms. The van der Waals surface area contributed by atoms with Gasteiger partial charge in [-0.1, -0.05) is 30.3 Å². The van der Waals surface area contributed by atoms with Crippen LogP contribution < -0.4 is 11.1 Å². The van der Waals surface area contributed by atoms with Crippen LogP contribution in [-0.2, 0) is 16.1 Å². The van der Waals surface area contributed by atoms with Gasteiger partial charge in [0.2, 0.25) is 0 Å². The van der Waals surface area contributed by atoms with Crippen molar-refractivity contribution in [2.75, 3.05) is 6.54 Å². The van der Waals surface area contributed by atoms with Crippen LogP contribution in [0.15, 0.2) is 30.3 Å². The lowest BCUT2D eigenvalue weighted by molar-refractivity contribution is -0.146. The van der Waals surface area contributed by atoms with Gasteiger partial charge in [0, 0.05) is 0 Å². The minimum Gasteiger partial charge on any atom is -0.480 e. The Bertz CT molecular complexity index is 510. The molecule has 1 aliphatic carbocycles. The molecule has 1 aromatic carbocycles. The van der Waals surface area contributed by atoms with Crippen LogP contribution in [0.1, 0.15) is 31.2 Å². The number of alkyl carbamates (subject to hydrolysis) is 1. The van der Waals surface area contributed by atoms with Gasteiger partial charge in [-0.05, 0) is 43.7 Å². The predicted octanol–water partition coefficient (Wildman–Crippen LogP) is 1.89. The highest BCUT2D eigenvalue weighted by molar-refractivity contribution is 5.84. The number of nitrogens with two attached hydrogens (primary N) is 1. The van der Waals surface area contributed by atoms with Crippen molar-refractivity contribution in [1.82, 2.24) is 5.32 Å². The smallest absolute Gasteiger partial charge is 0.408 e. The van der Waals surface area contributed by atoms with Crippen molar-refractivity contribution in [1.29, 1.82) is 0 Å². The van der Waals surface area contributed by atoms with E-state index in [0.29, 0.717) is 38.1 Å². The maximum Gasteiger partial charge on any atom is 0.408 e. The third kappa shape index (κ3) is 3.98. The summed E-state index contributed by atoms with van der Waals surface area (Å²) in [6, 6.07) is 9.26. The van der Waals surface area contributed by atoms with Crippen molar-refractivity contribution in [3.8, 4) is 0 Å². The standard InChI is InChI=1S/C16H22N2O4/c17-10-12-6-8-16(9-7-12,14(19)20)18-15(21)22-11-13-4-2-1-3-5-13/h1-5,12H,6-11,17H2,(H,18,21)(H,19,20). The van der Waals surface area contributed by atoms with Gasteiger partial charge in [-0.3, -0.25) is 0 Å². The van der Waals surface area contributed by atoms with Gasteiger partial charge in [0.25, 0.3) is 0 Å². The third-order valence-electron chi connectivity index (χ3n) is 4.26. The van der Waals surface area contributed by atoms with Gasteiger partial charge < -0.3 is 20.9 Å². The quantitative estimate of drug-likeness (QED) is 0.771. The number of nitrogens with one attached hydrogen (secondary N) is 1. The van der Waals surface area contributed by atoms with Crippen LogP contribution >= 0.6 is 0 Å². The zero-order valence-corrected chi connectivity index (χ0v) is 12.5. The average Bonchev–Trinajstić information content (AvgIpc) is 2.54. The minimum atomic E-state index is -1.24. The van der Waals surface area contributed by atoms with E-state index in [1.54, 1.807) is 0 Å². The molecule has 0 bridgehead atoms. The second-order valence-corrected chi connectivity index (χ2v) is 5.75. The van der Waals surface area contributed by atoms with Crippen LogP contribution in [0.5, 0.6) is 0 Å². The maximum atomic E-state index is 11.9. The second-order valence-electron chi connectivity index (χ2n) is 5.75. The molecule has 120 valence electrons. The molecule has 1 amide bonds. The molecular weight excluding hydrogens is 284 g/mol. The number of amides is 1. The number of hydrogen-bond donors (Lipinski definition) is 3. The lowest BCUT2D eigenvalue weighted by atomic mass is 9.76. The van der Waals surface area contributed by atoms with Gasteiger partial charge in [-0.15, -0.1) is 0 Å². The number of rotatable bonds is 5. The first-order chi connectivity index (χ1) is 10.6. The van der Waals surface area contributed by atoms with Gasteiger partial charge in [0.05, 0.1) is 0 Å². The molecule has 1 fully saturated rings. The van der Waals surface area contributed by atoms with Crippen molar-refractivity contribution in [2.24, 2.45) is 11.7 Å². The number of carbonyl (C=O) groups excluding carboxylic acids is 1. The number of hydrogen-bond acceptors (Lipinski definition) is 4. The number of carbonyl (C=O) groups is 2. The topological polar surface area (TPSA) is 102 Å². The summed E-state index contributed by atoms with van der Waals surface area (Å²) in [7, 11) is 0. The maximum absolute atomic E-state index is 11.9. The summed E-state index contributed by atoms with van der Waals surface area (Å²) in [5, 5.41) is 12.0. The van der Waals surface area contributed by atoms with E-state index >= 15 is 0 Å². The number of aliphatic carboxylic acids is 1. The van der Waals surface area contributed by atoms with E-state index in [2.05, 4.69) is 5.32 Å². The largest absolute Gasteiger partial charge is 0.480 e. The molecule has 6 heteroatoms. The number of carboxylic acids is 1. The lowest BCUT2D eigenvalue weighted by Crippen LogP contribution is -2.56. The zero-order valence-electron chi connectivity index (χ0n) is 12.5. The molecule has 0 radical (unpaired) electrons. The van der Waals surface area contributed by atoms with Gasteiger partial charge in [-0.25, -0.2) is 9.59 Å². The zero-order chi connectivity index (χ0) is 16.0. The van der Waals surface area contributed by atoms with Crippen molar-refractivity contribution < 1.29 is 19.4 Å². The van der Waals surface area contributed by atoms with Crippen molar-refractivity contribution in [3.63, 3.8) is 0 Å². The molecule has 0 atom stereocenters. The monoisotopic (exact) mass is 306 g/mol. The van der Waals surface area contributed by atoms with Crippen LogP contribution in [0.3, 0.4) is 0 Å². The van der Waals surface area contributed by atoms with E-state index in [9.17, 15) is 14.7 Å². The summed E-state index contributed by atoms with van der Waals surface area (Å²) in [6.45, 7) is 0.669. The Balaban J connectivity index is 1.91. The first-order valence-electron chi connectivity index (χ1n) is 7.48. The van der Waals surface area contributed by atoms with Gasteiger partial charge in [-0.2, -0.15) is 0 Å². The molecule has 1 aliphatic rings. The van der Waals surface area contributed by atoms with E-state index in [0.717, 1.165) is 5.56 Å². The molecule has 0 heterocycles. The Labute approximate surface area is 129 Å². The normalized spacial score (nSPS) is 24.5. The molecular formula is C16H22N2O4. The van der Waals surface area contributed by atoms with Crippen molar-refractivity contribution in [3.05, 3.63) is 35.9 Å². The van der Waals surface area contributed by atoms with Crippen molar-refractivity contribution in [2.45, 2.75) is 37.8 Å². The molecule has 2 rings (SSSR count). The molecule has 0 aliphatic heterocycles. The van der Waals surface area contributed by atoms with E-state index in [-0.39, 0.29) is 6.61 Å². The summed E-state index contributed by atoms with van der Waals surface area (Å²) in [5.41, 5.74) is 5.24. The average molecular weight is 306 g/mol. The Morgan fingerprint density at radius 1 is 1.27 bits per heavy atom. The van der Waals surface area contributed by atoms with E-state index in [1.165, 1.54) is 0 Å².